The number of anilines is 1. The Kier molecular flexibility index (Phi) is 4.55. The standard InChI is InChI=1S/C12H18ClN3O3S/c1-7-9(14)5-8(13)6-10(7)20(18,19)16-11(17)15-12(2,3)4/h5-6H,14H2,1-4H3,(H2,15,16,17). The van der Waals surface area contributed by atoms with Crippen molar-refractivity contribution >= 4 is 33.3 Å². The molecule has 0 aromatic heterocycles. The fraction of sp³-hybridized carbons (Fsp3) is 0.417. The summed E-state index contributed by atoms with van der Waals surface area (Å²) >= 11 is 5.80. The molecular formula is C12H18ClN3O3S. The molecule has 0 saturated carbocycles. The predicted molar refractivity (Wildman–Crippen MR) is 79.2 cm³/mol. The average Bonchev–Trinajstić information content (AvgIpc) is 2.19. The van der Waals surface area contributed by atoms with Crippen LogP contribution in [0.25, 0.3) is 0 Å². The molecule has 0 heterocycles. The Morgan fingerprint density at radius 1 is 1.30 bits per heavy atom. The number of benzene rings is 1. The number of carbonyl (C=O) groups excluding carboxylic acids is 1. The molecule has 20 heavy (non-hydrogen) atoms. The predicted octanol–water partition coefficient (Wildman–Crippen LogP) is 2.02. The zero-order valence-corrected chi connectivity index (χ0v) is 13.3. The molecule has 0 unspecified atom stereocenters. The zero-order valence-electron chi connectivity index (χ0n) is 11.7. The van der Waals surface area contributed by atoms with Crippen molar-refractivity contribution in [3.8, 4) is 0 Å². The van der Waals surface area contributed by atoms with Crippen LogP contribution in [0.3, 0.4) is 0 Å². The molecule has 0 radical (unpaired) electrons. The number of hydrogen-bond acceptors (Lipinski definition) is 4. The Hall–Kier alpha value is -1.47. The van der Waals surface area contributed by atoms with Gasteiger partial charge in [0.15, 0.2) is 0 Å². The summed E-state index contributed by atoms with van der Waals surface area (Å²) < 4.78 is 26.3. The number of nitrogens with one attached hydrogen (secondary N) is 2. The number of carbonyl (C=O) groups is 1. The van der Waals surface area contributed by atoms with Crippen molar-refractivity contribution < 1.29 is 13.2 Å². The topological polar surface area (TPSA) is 101 Å². The van der Waals surface area contributed by atoms with Gasteiger partial charge in [0.25, 0.3) is 10.0 Å². The van der Waals surface area contributed by atoms with E-state index in [4.69, 9.17) is 17.3 Å². The maximum Gasteiger partial charge on any atom is 0.329 e. The van der Waals surface area contributed by atoms with Crippen LogP contribution in [0.4, 0.5) is 10.5 Å². The summed E-state index contributed by atoms with van der Waals surface area (Å²) in [5.41, 5.74) is 5.70. The van der Waals surface area contributed by atoms with E-state index in [0.29, 0.717) is 5.56 Å². The first-order valence-electron chi connectivity index (χ1n) is 5.83. The van der Waals surface area contributed by atoms with Crippen molar-refractivity contribution in [2.24, 2.45) is 0 Å². The molecule has 1 aromatic carbocycles. The van der Waals surface area contributed by atoms with Crippen LogP contribution in [-0.4, -0.2) is 20.0 Å². The van der Waals surface area contributed by atoms with E-state index in [1.807, 2.05) is 4.72 Å². The second-order valence-corrected chi connectivity index (χ2v) is 7.52. The van der Waals surface area contributed by atoms with E-state index in [1.165, 1.54) is 12.1 Å². The van der Waals surface area contributed by atoms with Gasteiger partial charge in [0.2, 0.25) is 0 Å². The van der Waals surface area contributed by atoms with Crippen LogP contribution in [0.1, 0.15) is 26.3 Å². The lowest BCUT2D eigenvalue weighted by Gasteiger charge is -2.21. The van der Waals surface area contributed by atoms with Gasteiger partial charge in [-0.05, 0) is 45.4 Å². The molecule has 0 bridgehead atoms. The maximum atomic E-state index is 12.2. The minimum Gasteiger partial charge on any atom is -0.398 e. The summed E-state index contributed by atoms with van der Waals surface area (Å²) in [7, 11) is -4.03. The van der Waals surface area contributed by atoms with Gasteiger partial charge in [-0.15, -0.1) is 0 Å². The van der Waals surface area contributed by atoms with Crippen LogP contribution in [0.5, 0.6) is 0 Å². The van der Waals surface area contributed by atoms with Crippen molar-refractivity contribution in [2.75, 3.05) is 5.73 Å². The van der Waals surface area contributed by atoms with Crippen LogP contribution in [0, 0.1) is 6.92 Å². The monoisotopic (exact) mass is 319 g/mol. The SMILES string of the molecule is Cc1c(N)cc(Cl)cc1S(=O)(=O)NC(=O)NC(C)(C)C. The smallest absolute Gasteiger partial charge is 0.329 e. The number of amides is 2. The number of halogens is 1. The third-order valence-corrected chi connectivity index (χ3v) is 4.05. The minimum atomic E-state index is -4.03. The summed E-state index contributed by atoms with van der Waals surface area (Å²) in [5, 5.41) is 2.69. The summed E-state index contributed by atoms with van der Waals surface area (Å²) in [4.78, 5) is 11.5. The second-order valence-electron chi connectivity index (χ2n) is 5.43. The number of nitrogens with two attached hydrogens (primary N) is 1. The molecule has 1 rings (SSSR count). The van der Waals surface area contributed by atoms with Crippen molar-refractivity contribution in [1.29, 1.82) is 0 Å². The Bertz CT molecular complexity index is 636. The van der Waals surface area contributed by atoms with E-state index in [-0.39, 0.29) is 15.6 Å². The van der Waals surface area contributed by atoms with Gasteiger partial charge >= 0.3 is 6.03 Å². The molecule has 0 aliphatic heterocycles. The van der Waals surface area contributed by atoms with Gasteiger partial charge in [0.05, 0.1) is 4.90 Å². The van der Waals surface area contributed by atoms with E-state index in [9.17, 15) is 13.2 Å². The number of sulfonamides is 1. The average molecular weight is 320 g/mol. The summed E-state index contributed by atoms with van der Waals surface area (Å²) in [6.45, 7) is 6.76. The molecule has 1 aromatic rings. The molecule has 2 amide bonds. The first-order valence-corrected chi connectivity index (χ1v) is 7.69. The molecular weight excluding hydrogens is 302 g/mol. The van der Waals surface area contributed by atoms with Crippen LogP contribution in [-0.2, 0) is 10.0 Å². The van der Waals surface area contributed by atoms with Gasteiger partial charge in [0.1, 0.15) is 0 Å². The van der Waals surface area contributed by atoms with Crippen LogP contribution >= 0.6 is 11.6 Å². The minimum absolute atomic E-state index is 0.119. The zero-order chi connectivity index (χ0) is 15.7. The van der Waals surface area contributed by atoms with Crippen molar-refractivity contribution in [1.82, 2.24) is 10.0 Å². The number of urea groups is 1. The highest BCUT2D eigenvalue weighted by Gasteiger charge is 2.23. The molecule has 4 N–H and O–H groups in total. The Balaban J connectivity index is 3.10. The van der Waals surface area contributed by atoms with E-state index >= 15 is 0 Å². The summed E-state index contributed by atoms with van der Waals surface area (Å²) in [5.74, 6) is 0. The van der Waals surface area contributed by atoms with Crippen molar-refractivity contribution in [3.63, 3.8) is 0 Å². The van der Waals surface area contributed by atoms with Crippen LogP contribution in [0.2, 0.25) is 5.02 Å². The lowest BCUT2D eigenvalue weighted by atomic mass is 10.1. The third-order valence-electron chi connectivity index (χ3n) is 2.37. The molecule has 0 spiro atoms. The van der Waals surface area contributed by atoms with Crippen molar-refractivity contribution in [3.05, 3.63) is 22.7 Å². The van der Waals surface area contributed by atoms with Crippen molar-refractivity contribution in [2.45, 2.75) is 38.1 Å². The molecule has 8 heteroatoms. The molecule has 0 aliphatic rings. The number of rotatable bonds is 2. The number of hydrogen-bond donors (Lipinski definition) is 3. The Labute approximate surface area is 123 Å². The molecule has 0 fully saturated rings. The van der Waals surface area contributed by atoms with Crippen LogP contribution in [0.15, 0.2) is 17.0 Å². The third kappa shape index (κ3) is 4.28. The maximum absolute atomic E-state index is 12.2. The quantitative estimate of drug-likeness (QED) is 0.726. The summed E-state index contributed by atoms with van der Waals surface area (Å²) in [6, 6.07) is 1.89. The van der Waals surface area contributed by atoms with E-state index in [2.05, 4.69) is 5.32 Å². The highest BCUT2D eigenvalue weighted by Crippen LogP contribution is 2.25. The lowest BCUT2D eigenvalue weighted by molar-refractivity contribution is 0.237. The Morgan fingerprint density at radius 2 is 1.85 bits per heavy atom. The highest BCUT2D eigenvalue weighted by molar-refractivity contribution is 7.90. The van der Waals surface area contributed by atoms with E-state index < -0.39 is 21.6 Å². The molecule has 112 valence electrons. The summed E-state index contributed by atoms with van der Waals surface area (Å²) in [6.07, 6.45) is 0. The van der Waals surface area contributed by atoms with Gasteiger partial charge in [-0.1, -0.05) is 11.6 Å². The van der Waals surface area contributed by atoms with E-state index in [0.717, 1.165) is 0 Å². The molecule has 0 aliphatic carbocycles. The fourth-order valence-electron chi connectivity index (χ4n) is 1.50. The highest BCUT2D eigenvalue weighted by atomic mass is 35.5. The second kappa shape index (κ2) is 5.49. The van der Waals surface area contributed by atoms with Gasteiger partial charge < -0.3 is 11.1 Å². The molecule has 0 atom stereocenters. The van der Waals surface area contributed by atoms with Crippen LogP contribution < -0.4 is 15.8 Å². The number of nitrogen functional groups attached to an aromatic ring is 1. The lowest BCUT2D eigenvalue weighted by Crippen LogP contribution is -2.48. The van der Waals surface area contributed by atoms with Gasteiger partial charge in [-0.2, -0.15) is 0 Å². The largest absolute Gasteiger partial charge is 0.398 e. The first kappa shape index (κ1) is 16.6. The Morgan fingerprint density at radius 3 is 2.35 bits per heavy atom. The molecule has 6 nitrogen and oxygen atoms in total. The van der Waals surface area contributed by atoms with Gasteiger partial charge in [-0.25, -0.2) is 17.9 Å². The van der Waals surface area contributed by atoms with Gasteiger partial charge in [0, 0.05) is 16.2 Å². The van der Waals surface area contributed by atoms with E-state index in [1.54, 1.807) is 27.7 Å². The molecule has 0 saturated heterocycles. The van der Waals surface area contributed by atoms with Gasteiger partial charge in [-0.3, -0.25) is 0 Å². The fourth-order valence-corrected chi connectivity index (χ4v) is 3.00. The normalized spacial score (nSPS) is 12.1. The first-order chi connectivity index (χ1) is 8.92.